The van der Waals surface area contributed by atoms with Crippen LogP contribution < -0.4 is 5.32 Å². The Bertz CT molecular complexity index is 798. The number of nitrogens with zero attached hydrogens (tertiary/aromatic N) is 4. The van der Waals surface area contributed by atoms with Crippen molar-refractivity contribution < 1.29 is 4.79 Å². The molecule has 1 N–H and O–H groups in total. The molecule has 0 saturated carbocycles. The van der Waals surface area contributed by atoms with Crippen molar-refractivity contribution in [2.24, 2.45) is 7.05 Å². The van der Waals surface area contributed by atoms with E-state index in [1.807, 2.05) is 24.3 Å². The molecule has 0 aliphatic rings. The Morgan fingerprint density at radius 3 is 2.80 bits per heavy atom. The van der Waals surface area contributed by atoms with E-state index in [0.29, 0.717) is 5.69 Å². The van der Waals surface area contributed by atoms with Crippen LogP contribution in [-0.4, -0.2) is 25.7 Å². The lowest BCUT2D eigenvalue weighted by Crippen LogP contribution is -2.15. The zero-order valence-corrected chi connectivity index (χ0v) is 11.3. The van der Waals surface area contributed by atoms with Crippen molar-refractivity contribution in [3.8, 4) is 0 Å². The first-order valence-corrected chi connectivity index (χ1v) is 6.24. The molecule has 100 valence electrons. The molecule has 0 radical (unpaired) electrons. The van der Waals surface area contributed by atoms with Crippen molar-refractivity contribution in [3.05, 3.63) is 47.5 Å². The fourth-order valence-corrected chi connectivity index (χ4v) is 2.11. The molecule has 0 spiro atoms. The highest BCUT2D eigenvalue weighted by atomic mass is 35.5. The van der Waals surface area contributed by atoms with E-state index in [1.165, 1.54) is 12.4 Å². The second-order valence-electron chi connectivity index (χ2n) is 4.14. The molecule has 0 aliphatic carbocycles. The molecule has 2 aromatic heterocycles. The van der Waals surface area contributed by atoms with E-state index in [9.17, 15) is 4.79 Å². The fourth-order valence-electron chi connectivity index (χ4n) is 1.95. The van der Waals surface area contributed by atoms with Gasteiger partial charge in [-0.25, -0.2) is 9.97 Å². The van der Waals surface area contributed by atoms with E-state index in [1.54, 1.807) is 11.7 Å². The van der Waals surface area contributed by atoms with Crippen LogP contribution in [0.15, 0.2) is 36.7 Å². The average Bonchev–Trinajstić information content (AvgIpc) is 2.79. The number of benzene rings is 1. The summed E-state index contributed by atoms with van der Waals surface area (Å²) in [6.45, 7) is 0. The van der Waals surface area contributed by atoms with Crippen LogP contribution in [0.5, 0.6) is 0 Å². The number of carbonyl (C=O) groups excluding carboxylic acids is 1. The van der Waals surface area contributed by atoms with Crippen molar-refractivity contribution in [1.82, 2.24) is 19.7 Å². The summed E-state index contributed by atoms with van der Waals surface area (Å²) in [6, 6.07) is 7.49. The van der Waals surface area contributed by atoms with E-state index >= 15 is 0 Å². The SMILES string of the molecule is Cn1nc(C(=O)Nc2nccnc2Cl)c2ccccc21. The van der Waals surface area contributed by atoms with Crippen LogP contribution in [0.3, 0.4) is 0 Å². The van der Waals surface area contributed by atoms with Gasteiger partial charge in [-0.05, 0) is 6.07 Å². The molecular formula is C13H10ClN5O. The Hall–Kier alpha value is -2.47. The number of amides is 1. The number of fused-ring (bicyclic) bond motifs is 1. The monoisotopic (exact) mass is 287 g/mol. The number of hydrogen-bond donors (Lipinski definition) is 1. The minimum Gasteiger partial charge on any atom is -0.303 e. The molecule has 20 heavy (non-hydrogen) atoms. The summed E-state index contributed by atoms with van der Waals surface area (Å²) < 4.78 is 1.66. The van der Waals surface area contributed by atoms with Gasteiger partial charge in [-0.3, -0.25) is 9.48 Å². The lowest BCUT2D eigenvalue weighted by molar-refractivity contribution is 0.102. The van der Waals surface area contributed by atoms with Crippen LogP contribution in [-0.2, 0) is 7.05 Å². The standard InChI is InChI=1S/C13H10ClN5O/c1-19-9-5-3-2-4-8(9)10(18-19)13(20)17-12-11(14)15-6-7-16-12/h2-7H,1H3,(H,16,17,20). The molecular weight excluding hydrogens is 278 g/mol. The normalized spacial score (nSPS) is 10.7. The maximum absolute atomic E-state index is 12.3. The topological polar surface area (TPSA) is 72.7 Å². The van der Waals surface area contributed by atoms with Gasteiger partial charge in [0.2, 0.25) is 0 Å². The van der Waals surface area contributed by atoms with E-state index in [-0.39, 0.29) is 16.9 Å². The molecule has 3 aromatic rings. The maximum Gasteiger partial charge on any atom is 0.278 e. The third-order valence-electron chi connectivity index (χ3n) is 2.86. The van der Waals surface area contributed by atoms with Gasteiger partial charge in [-0.2, -0.15) is 5.10 Å². The van der Waals surface area contributed by atoms with E-state index in [4.69, 9.17) is 11.6 Å². The van der Waals surface area contributed by atoms with E-state index in [2.05, 4.69) is 20.4 Å². The maximum atomic E-state index is 12.3. The van der Waals surface area contributed by atoms with Crippen LogP contribution in [0, 0.1) is 0 Å². The zero-order valence-electron chi connectivity index (χ0n) is 10.5. The molecule has 0 saturated heterocycles. The second-order valence-corrected chi connectivity index (χ2v) is 4.50. The molecule has 0 fully saturated rings. The molecule has 3 rings (SSSR count). The van der Waals surface area contributed by atoms with Gasteiger partial charge in [-0.15, -0.1) is 0 Å². The predicted molar refractivity (Wildman–Crippen MR) is 75.7 cm³/mol. The number of carbonyl (C=O) groups is 1. The summed E-state index contributed by atoms with van der Waals surface area (Å²) in [6.07, 6.45) is 2.91. The van der Waals surface area contributed by atoms with Gasteiger partial charge in [0.25, 0.3) is 5.91 Å². The van der Waals surface area contributed by atoms with Crippen LogP contribution >= 0.6 is 11.6 Å². The van der Waals surface area contributed by atoms with Gasteiger partial charge < -0.3 is 5.32 Å². The number of aromatic nitrogens is 4. The van der Waals surface area contributed by atoms with Crippen molar-refractivity contribution >= 4 is 34.2 Å². The summed E-state index contributed by atoms with van der Waals surface area (Å²) in [4.78, 5) is 20.1. The number of hydrogen-bond acceptors (Lipinski definition) is 4. The number of para-hydroxylation sites is 1. The van der Waals surface area contributed by atoms with Gasteiger partial charge in [0.1, 0.15) is 0 Å². The first-order valence-electron chi connectivity index (χ1n) is 5.86. The van der Waals surface area contributed by atoms with Gasteiger partial charge in [0.15, 0.2) is 16.7 Å². The molecule has 0 bridgehead atoms. The largest absolute Gasteiger partial charge is 0.303 e. The van der Waals surface area contributed by atoms with Crippen LogP contribution in [0.1, 0.15) is 10.5 Å². The number of aryl methyl sites for hydroxylation is 1. The van der Waals surface area contributed by atoms with Crippen molar-refractivity contribution in [1.29, 1.82) is 0 Å². The number of nitrogens with one attached hydrogen (secondary N) is 1. The summed E-state index contributed by atoms with van der Waals surface area (Å²) in [5.41, 5.74) is 1.20. The summed E-state index contributed by atoms with van der Waals surface area (Å²) >= 11 is 5.87. The number of rotatable bonds is 2. The molecule has 0 aliphatic heterocycles. The van der Waals surface area contributed by atoms with Crippen LogP contribution in [0.2, 0.25) is 5.15 Å². The van der Waals surface area contributed by atoms with Gasteiger partial charge in [-0.1, -0.05) is 29.8 Å². The number of anilines is 1. The molecule has 0 atom stereocenters. The van der Waals surface area contributed by atoms with E-state index in [0.717, 1.165) is 10.9 Å². The summed E-state index contributed by atoms with van der Waals surface area (Å²) in [7, 11) is 1.79. The lowest BCUT2D eigenvalue weighted by atomic mass is 10.2. The highest BCUT2D eigenvalue weighted by molar-refractivity contribution is 6.32. The molecule has 2 heterocycles. The first kappa shape index (κ1) is 12.6. The molecule has 6 nitrogen and oxygen atoms in total. The second kappa shape index (κ2) is 4.90. The minimum atomic E-state index is -0.371. The Labute approximate surface area is 119 Å². The zero-order chi connectivity index (χ0) is 14.1. The van der Waals surface area contributed by atoms with Crippen molar-refractivity contribution in [3.63, 3.8) is 0 Å². The first-order chi connectivity index (χ1) is 9.66. The Morgan fingerprint density at radius 1 is 1.25 bits per heavy atom. The summed E-state index contributed by atoms with van der Waals surface area (Å²) in [5.74, 6) is -0.155. The van der Waals surface area contributed by atoms with Gasteiger partial charge in [0, 0.05) is 24.8 Å². The van der Waals surface area contributed by atoms with E-state index < -0.39 is 0 Å². The van der Waals surface area contributed by atoms with Crippen molar-refractivity contribution in [2.45, 2.75) is 0 Å². The highest BCUT2D eigenvalue weighted by Crippen LogP contribution is 2.20. The van der Waals surface area contributed by atoms with Gasteiger partial charge in [0.05, 0.1) is 5.52 Å². The minimum absolute atomic E-state index is 0.140. The Kier molecular flexibility index (Phi) is 3.08. The highest BCUT2D eigenvalue weighted by Gasteiger charge is 2.17. The van der Waals surface area contributed by atoms with Crippen molar-refractivity contribution in [2.75, 3.05) is 5.32 Å². The fraction of sp³-hybridized carbons (Fsp3) is 0.0769. The van der Waals surface area contributed by atoms with Gasteiger partial charge >= 0.3 is 0 Å². The summed E-state index contributed by atoms with van der Waals surface area (Å²) in [5, 5.41) is 7.75. The molecule has 1 amide bonds. The third-order valence-corrected chi connectivity index (χ3v) is 3.14. The predicted octanol–water partition coefficient (Wildman–Crippen LogP) is 2.27. The Morgan fingerprint density at radius 2 is 2.00 bits per heavy atom. The average molecular weight is 288 g/mol. The lowest BCUT2D eigenvalue weighted by Gasteiger charge is -2.03. The third kappa shape index (κ3) is 2.10. The van der Waals surface area contributed by atoms with Crippen LogP contribution in [0.4, 0.5) is 5.82 Å². The molecule has 7 heteroatoms. The smallest absolute Gasteiger partial charge is 0.278 e. The Balaban J connectivity index is 2.00. The quantitative estimate of drug-likeness (QED) is 0.785. The molecule has 0 unspecified atom stereocenters. The molecule has 1 aromatic carbocycles. The number of halogens is 1. The van der Waals surface area contributed by atoms with Crippen LogP contribution in [0.25, 0.3) is 10.9 Å².